The van der Waals surface area contributed by atoms with Crippen LogP contribution in [0.4, 0.5) is 5.69 Å². The van der Waals surface area contributed by atoms with Gasteiger partial charge in [-0.2, -0.15) is 0 Å². The number of aliphatic hydroxyl groups excluding tert-OH is 2. The summed E-state index contributed by atoms with van der Waals surface area (Å²) in [5, 5.41) is 46.5. The number of piperazine rings is 1. The quantitative estimate of drug-likeness (QED) is 0.285. The zero-order valence-corrected chi connectivity index (χ0v) is 26.7. The first-order chi connectivity index (χ1) is 21.7. The summed E-state index contributed by atoms with van der Waals surface area (Å²) in [7, 11) is 8.89. The van der Waals surface area contributed by atoms with Crippen LogP contribution in [0.5, 0.6) is 5.75 Å². The first-order valence-electron chi connectivity index (χ1n) is 15.4. The molecule has 2 fully saturated rings. The fraction of sp³-hybridized carbons (Fsp3) is 0.485. The van der Waals surface area contributed by atoms with Crippen molar-refractivity contribution in [2.75, 3.05) is 66.3 Å². The van der Waals surface area contributed by atoms with Crippen LogP contribution in [0.3, 0.4) is 0 Å². The number of hydrogen-bond acceptors (Lipinski definition) is 12. The molecule has 1 aliphatic heterocycles. The first kappa shape index (κ1) is 31.8. The molecule has 0 spiro atoms. The Bertz CT molecular complexity index is 1700. The Hall–Kier alpha value is -4.17. The van der Waals surface area contributed by atoms with Gasteiger partial charge in [-0.05, 0) is 63.7 Å². The van der Waals surface area contributed by atoms with E-state index in [2.05, 4.69) is 16.8 Å². The van der Waals surface area contributed by atoms with Crippen molar-refractivity contribution < 1.29 is 39.2 Å². The van der Waals surface area contributed by atoms with Gasteiger partial charge in [-0.25, -0.2) is 0 Å². The lowest BCUT2D eigenvalue weighted by atomic mass is 9.57. The average Bonchev–Trinajstić information content (AvgIpc) is 3.44. The second kappa shape index (κ2) is 11.3. The van der Waals surface area contributed by atoms with Gasteiger partial charge < -0.3 is 40.4 Å². The largest absolute Gasteiger partial charge is 0.508 e. The molecule has 1 amide bonds. The number of hydrogen-bond donors (Lipinski definition) is 5. The van der Waals surface area contributed by atoms with Crippen LogP contribution in [-0.4, -0.2) is 126 Å². The van der Waals surface area contributed by atoms with Crippen molar-refractivity contribution in [3.63, 3.8) is 0 Å². The molecule has 46 heavy (non-hydrogen) atoms. The minimum Gasteiger partial charge on any atom is -0.508 e. The van der Waals surface area contributed by atoms with Gasteiger partial charge in [0.15, 0.2) is 11.4 Å². The van der Waals surface area contributed by atoms with E-state index in [0.717, 1.165) is 31.9 Å². The Labute approximate surface area is 266 Å². The molecule has 6 rings (SSSR count). The van der Waals surface area contributed by atoms with E-state index in [1.165, 1.54) is 4.90 Å². The molecular weight excluding hydrogens is 594 g/mol. The molecule has 1 saturated heterocycles. The summed E-state index contributed by atoms with van der Waals surface area (Å²) < 4.78 is 6.19. The maximum absolute atomic E-state index is 14.2. The molecule has 1 aromatic carbocycles. The lowest BCUT2D eigenvalue weighted by Gasteiger charge is -2.50. The molecule has 3 aliphatic carbocycles. The number of aromatic hydroxyl groups is 1. The maximum Gasteiger partial charge on any atom is 0.255 e. The zero-order chi connectivity index (χ0) is 33.4. The van der Waals surface area contributed by atoms with Crippen LogP contribution in [-0.2, 0) is 27.3 Å². The number of amides is 1. The zero-order valence-electron chi connectivity index (χ0n) is 26.7. The lowest BCUT2D eigenvalue weighted by molar-refractivity contribution is -0.153. The van der Waals surface area contributed by atoms with E-state index in [1.807, 2.05) is 25.1 Å². The average molecular weight is 636 g/mol. The van der Waals surface area contributed by atoms with Gasteiger partial charge in [-0.3, -0.25) is 24.2 Å². The number of nitrogens with zero attached hydrogens (tertiary/aromatic N) is 4. The number of furan rings is 1. The van der Waals surface area contributed by atoms with E-state index in [4.69, 9.17) is 10.2 Å². The van der Waals surface area contributed by atoms with Crippen molar-refractivity contribution in [3.05, 3.63) is 52.0 Å². The Balaban J connectivity index is 1.46. The van der Waals surface area contributed by atoms with E-state index < -0.39 is 58.0 Å². The van der Waals surface area contributed by atoms with E-state index in [-0.39, 0.29) is 29.7 Å². The summed E-state index contributed by atoms with van der Waals surface area (Å²) in [5.41, 5.74) is 3.30. The maximum atomic E-state index is 14.2. The van der Waals surface area contributed by atoms with Crippen molar-refractivity contribution in [2.24, 2.45) is 17.6 Å². The number of benzene rings is 1. The number of carbonyl (C=O) groups is 3. The van der Waals surface area contributed by atoms with Gasteiger partial charge >= 0.3 is 0 Å². The number of nitrogens with two attached hydrogens (primary N) is 1. The van der Waals surface area contributed by atoms with Gasteiger partial charge in [0.25, 0.3) is 5.91 Å². The Kier molecular flexibility index (Phi) is 7.79. The number of rotatable bonds is 6. The van der Waals surface area contributed by atoms with E-state index in [1.54, 1.807) is 26.2 Å². The van der Waals surface area contributed by atoms with Crippen molar-refractivity contribution in [1.29, 1.82) is 0 Å². The Morgan fingerprint density at radius 2 is 1.76 bits per heavy atom. The summed E-state index contributed by atoms with van der Waals surface area (Å²) in [5.74, 6) is -5.75. The van der Waals surface area contributed by atoms with Crippen molar-refractivity contribution in [2.45, 2.75) is 31.0 Å². The summed E-state index contributed by atoms with van der Waals surface area (Å²) in [4.78, 5) is 47.7. The molecule has 2 aromatic rings. The molecule has 4 aliphatic rings. The number of fused-ring (bicyclic) bond motifs is 3. The molecule has 4 atom stereocenters. The molecular formula is C33H41N5O8. The Morgan fingerprint density at radius 3 is 2.37 bits per heavy atom. The number of phenolic OH excluding ortho intramolecular Hbond substituents is 1. The number of aliphatic hydroxyl groups is 3. The topological polar surface area (TPSA) is 184 Å². The highest BCUT2D eigenvalue weighted by Crippen LogP contribution is 2.55. The van der Waals surface area contributed by atoms with Crippen LogP contribution in [0.25, 0.3) is 17.1 Å². The summed E-state index contributed by atoms with van der Waals surface area (Å²) >= 11 is 0. The molecule has 0 unspecified atom stereocenters. The van der Waals surface area contributed by atoms with Gasteiger partial charge in [0, 0.05) is 57.5 Å². The van der Waals surface area contributed by atoms with Crippen LogP contribution < -0.4 is 10.6 Å². The lowest BCUT2D eigenvalue weighted by Crippen LogP contribution is -2.65. The molecule has 1 saturated carbocycles. The third-order valence-corrected chi connectivity index (χ3v) is 10.1. The number of anilines is 1. The smallest absolute Gasteiger partial charge is 0.255 e. The highest BCUT2D eigenvalue weighted by molar-refractivity contribution is 6.24. The normalized spacial score (nSPS) is 27.2. The van der Waals surface area contributed by atoms with Crippen molar-refractivity contribution in [1.82, 2.24) is 14.7 Å². The molecule has 0 radical (unpaired) electrons. The fourth-order valence-electron chi connectivity index (χ4n) is 7.71. The molecule has 6 N–H and O–H groups in total. The van der Waals surface area contributed by atoms with Gasteiger partial charge in [0.1, 0.15) is 34.4 Å². The van der Waals surface area contributed by atoms with Crippen LogP contribution >= 0.6 is 0 Å². The Morgan fingerprint density at radius 1 is 1.09 bits per heavy atom. The number of ketones is 2. The standard InChI is InChI=1S/C33H41N5O8/c1-35(2)21-14-19(22-7-6-17(46-22)15-38-10-8-37(5)9-11-38)27(39)24-18(21)12-16-13-20-26(36(3)4)29(41)25(32(34)44)31(43)33(20,45)30(42)23(16)28(24)40/h6-7,14,16,20,26,39-40,43,45H,8-13,15H2,1-5H3,(H2,34,44)/t16-,20-,26-,33-/m0/s1. The van der Waals surface area contributed by atoms with Crippen LogP contribution in [0, 0.1) is 11.8 Å². The number of primary amides is 1. The van der Waals surface area contributed by atoms with Gasteiger partial charge in [0.2, 0.25) is 5.78 Å². The van der Waals surface area contributed by atoms with Crippen LogP contribution in [0.1, 0.15) is 23.3 Å². The van der Waals surface area contributed by atoms with Crippen LogP contribution in [0.15, 0.2) is 39.5 Å². The van der Waals surface area contributed by atoms with Gasteiger partial charge in [-0.15, -0.1) is 0 Å². The summed E-state index contributed by atoms with van der Waals surface area (Å²) in [6, 6.07) is 4.26. The highest BCUT2D eigenvalue weighted by atomic mass is 16.4. The van der Waals surface area contributed by atoms with Crippen molar-refractivity contribution in [3.8, 4) is 17.1 Å². The SMILES string of the molecule is CN1CCN(Cc2ccc(-c3cc(N(C)C)c4c(c3O)C(O)=C3C(=O)[C@]5(O)C(O)=C(C(N)=O)C(=O)[C@@H](N(C)C)[C@@H]5C[C@@H]3C4)o2)CC1. The molecule has 0 bridgehead atoms. The number of Topliss-reactive ketones (excluding diaryl/α,β-unsaturated/α-hetero) is 2. The van der Waals surface area contributed by atoms with Crippen molar-refractivity contribution >= 4 is 28.9 Å². The monoisotopic (exact) mass is 635 g/mol. The van der Waals surface area contributed by atoms with Gasteiger partial charge in [-0.1, -0.05) is 0 Å². The molecule has 2 heterocycles. The molecule has 13 nitrogen and oxygen atoms in total. The second-order valence-electron chi connectivity index (χ2n) is 13.3. The minimum absolute atomic E-state index is 0.0227. The number of phenols is 1. The van der Waals surface area contributed by atoms with E-state index >= 15 is 0 Å². The molecule has 246 valence electrons. The molecule has 1 aromatic heterocycles. The summed E-state index contributed by atoms with van der Waals surface area (Å²) in [6.45, 7) is 4.32. The van der Waals surface area contributed by atoms with Gasteiger partial charge in [0.05, 0.1) is 23.7 Å². The second-order valence-corrected chi connectivity index (χ2v) is 13.3. The third kappa shape index (κ3) is 4.72. The van der Waals surface area contributed by atoms with Crippen LogP contribution in [0.2, 0.25) is 0 Å². The predicted molar refractivity (Wildman–Crippen MR) is 169 cm³/mol. The number of likely N-dealkylation sites (N-methyl/N-ethyl adjacent to an activating group) is 2. The molecule has 13 heteroatoms. The predicted octanol–water partition coefficient (Wildman–Crippen LogP) is 1.04. The summed E-state index contributed by atoms with van der Waals surface area (Å²) in [6.07, 6.45) is 0.220. The first-order valence-corrected chi connectivity index (χ1v) is 15.4. The van der Waals surface area contributed by atoms with E-state index in [9.17, 15) is 34.8 Å². The highest BCUT2D eigenvalue weighted by Gasteiger charge is 2.64. The van der Waals surface area contributed by atoms with E-state index in [0.29, 0.717) is 29.1 Å². The fourth-order valence-corrected chi connectivity index (χ4v) is 7.71. The third-order valence-electron chi connectivity index (χ3n) is 10.1. The minimum atomic E-state index is -2.69. The number of carbonyl (C=O) groups excluding carboxylic acids is 3.